The molecule has 0 spiro atoms. The predicted octanol–water partition coefficient (Wildman–Crippen LogP) is 5.00. The number of amides is 1. The van der Waals surface area contributed by atoms with Gasteiger partial charge in [-0.15, -0.1) is 0 Å². The number of nitrogens with one attached hydrogen (secondary N) is 1. The summed E-state index contributed by atoms with van der Waals surface area (Å²) < 4.78 is 6.73. The minimum absolute atomic E-state index is 0.0225. The molecule has 10 heteroatoms. The highest BCUT2D eigenvalue weighted by Gasteiger charge is 2.30. The number of aryl methyl sites for hydroxylation is 2. The molecule has 1 saturated heterocycles. The first-order chi connectivity index (χ1) is 18.8. The lowest BCUT2D eigenvalue weighted by atomic mass is 10.0. The summed E-state index contributed by atoms with van der Waals surface area (Å²) in [6.07, 6.45) is 0.731. The van der Waals surface area contributed by atoms with Crippen molar-refractivity contribution in [2.45, 2.75) is 33.7 Å². The number of piperazine rings is 1. The SMILES string of the molecule is CC.CNCCCn1c(=O)c(C(=O)OC)c(N2CCN(C(=O)c3ccc(Cl)c(Cl)c3)CC2)c2cc(C)ccc21. The summed E-state index contributed by atoms with van der Waals surface area (Å²) in [5.74, 6) is -0.813. The second-order valence-corrected chi connectivity index (χ2v) is 9.87. The van der Waals surface area contributed by atoms with E-state index in [0.29, 0.717) is 54.0 Å². The number of carbonyl (C=O) groups excluding carboxylic acids is 2. The molecule has 8 nitrogen and oxygen atoms in total. The molecule has 1 N–H and O–H groups in total. The number of hydrogen-bond donors (Lipinski definition) is 1. The van der Waals surface area contributed by atoms with Gasteiger partial charge in [0.05, 0.1) is 28.4 Å². The number of benzene rings is 2. The minimum Gasteiger partial charge on any atom is -0.465 e. The van der Waals surface area contributed by atoms with E-state index in [9.17, 15) is 14.4 Å². The Hall–Kier alpha value is -3.07. The number of carbonyl (C=O) groups is 2. The van der Waals surface area contributed by atoms with Gasteiger partial charge in [0.1, 0.15) is 5.56 Å². The molecule has 210 valence electrons. The van der Waals surface area contributed by atoms with E-state index >= 15 is 0 Å². The van der Waals surface area contributed by atoms with Crippen LogP contribution in [0.25, 0.3) is 10.9 Å². The third-order valence-electron chi connectivity index (χ3n) is 6.64. The van der Waals surface area contributed by atoms with Crippen LogP contribution in [0.5, 0.6) is 0 Å². The fourth-order valence-corrected chi connectivity index (χ4v) is 5.05. The summed E-state index contributed by atoms with van der Waals surface area (Å²) in [6, 6.07) is 10.7. The van der Waals surface area contributed by atoms with E-state index in [-0.39, 0.29) is 17.0 Å². The lowest BCUT2D eigenvalue weighted by Crippen LogP contribution is -2.49. The number of esters is 1. The van der Waals surface area contributed by atoms with Gasteiger partial charge in [0.25, 0.3) is 11.5 Å². The Bertz CT molecular complexity index is 1400. The topological polar surface area (TPSA) is 83.9 Å². The molecule has 0 atom stereocenters. The lowest BCUT2D eigenvalue weighted by molar-refractivity contribution is 0.0597. The Balaban J connectivity index is 0.00000205. The smallest absolute Gasteiger partial charge is 0.345 e. The van der Waals surface area contributed by atoms with Crippen LogP contribution in [0.2, 0.25) is 10.0 Å². The fourth-order valence-electron chi connectivity index (χ4n) is 4.75. The van der Waals surface area contributed by atoms with Gasteiger partial charge < -0.3 is 24.4 Å². The Morgan fingerprint density at radius 3 is 2.31 bits per heavy atom. The molecule has 1 aromatic heterocycles. The van der Waals surface area contributed by atoms with Gasteiger partial charge in [-0.3, -0.25) is 9.59 Å². The summed E-state index contributed by atoms with van der Waals surface area (Å²) in [7, 11) is 3.14. The number of pyridine rings is 1. The maximum absolute atomic E-state index is 13.7. The van der Waals surface area contributed by atoms with Gasteiger partial charge in [-0.25, -0.2) is 4.79 Å². The first-order valence-corrected chi connectivity index (χ1v) is 13.9. The van der Waals surface area contributed by atoms with Crippen molar-refractivity contribution >= 4 is 51.7 Å². The zero-order chi connectivity index (χ0) is 28.7. The second-order valence-electron chi connectivity index (χ2n) is 9.06. The Labute approximate surface area is 239 Å². The number of nitrogens with zero attached hydrogens (tertiary/aromatic N) is 3. The van der Waals surface area contributed by atoms with E-state index in [1.807, 2.05) is 50.9 Å². The number of methoxy groups -OCH3 is 1. The van der Waals surface area contributed by atoms with E-state index in [2.05, 4.69) is 5.32 Å². The van der Waals surface area contributed by atoms with Crippen LogP contribution in [-0.2, 0) is 11.3 Å². The number of ether oxygens (including phenoxy) is 1. The molecule has 0 radical (unpaired) electrons. The number of anilines is 1. The van der Waals surface area contributed by atoms with Crippen molar-refractivity contribution in [1.29, 1.82) is 0 Å². The Morgan fingerprint density at radius 1 is 1.00 bits per heavy atom. The standard InChI is InChI=1S/C27H30Cl2N4O4.C2H6/c1-17-5-8-22-19(15-17)24(23(27(36)37-3)26(35)33(22)10-4-9-30-2)31-11-13-32(14-12-31)25(34)18-6-7-20(28)21(29)16-18;1-2/h5-8,15-16,30H,4,9-14H2,1-3H3;1-2H3. The van der Waals surface area contributed by atoms with Gasteiger partial charge in [0, 0.05) is 43.7 Å². The van der Waals surface area contributed by atoms with Crippen LogP contribution in [0.4, 0.5) is 5.69 Å². The molecule has 0 unspecified atom stereocenters. The number of rotatable bonds is 7. The predicted molar refractivity (Wildman–Crippen MR) is 159 cm³/mol. The molecular weight excluding hydrogens is 539 g/mol. The van der Waals surface area contributed by atoms with Crippen molar-refractivity contribution in [2.24, 2.45) is 0 Å². The molecule has 1 aliphatic heterocycles. The minimum atomic E-state index is -0.667. The van der Waals surface area contributed by atoms with Gasteiger partial charge >= 0.3 is 5.97 Å². The van der Waals surface area contributed by atoms with E-state index in [4.69, 9.17) is 27.9 Å². The van der Waals surface area contributed by atoms with Crippen LogP contribution in [0, 0.1) is 6.92 Å². The first-order valence-electron chi connectivity index (χ1n) is 13.2. The highest BCUT2D eigenvalue weighted by Crippen LogP contribution is 2.32. The average molecular weight is 576 g/mol. The molecule has 3 aromatic rings. The monoisotopic (exact) mass is 574 g/mol. The molecule has 2 aromatic carbocycles. The summed E-state index contributed by atoms with van der Waals surface area (Å²) in [4.78, 5) is 43.5. The summed E-state index contributed by atoms with van der Waals surface area (Å²) in [5, 5.41) is 4.62. The van der Waals surface area contributed by atoms with E-state index in [1.165, 1.54) is 7.11 Å². The van der Waals surface area contributed by atoms with E-state index < -0.39 is 5.97 Å². The van der Waals surface area contributed by atoms with Crippen molar-refractivity contribution in [3.63, 3.8) is 0 Å². The normalized spacial score (nSPS) is 13.2. The van der Waals surface area contributed by atoms with Crippen LogP contribution in [0.1, 0.15) is 46.5 Å². The molecule has 1 fully saturated rings. The molecule has 0 saturated carbocycles. The van der Waals surface area contributed by atoms with Gasteiger partial charge in [0.2, 0.25) is 0 Å². The Morgan fingerprint density at radius 2 is 1.69 bits per heavy atom. The van der Waals surface area contributed by atoms with Gasteiger partial charge in [-0.1, -0.05) is 48.7 Å². The van der Waals surface area contributed by atoms with Crippen LogP contribution in [-0.4, -0.2) is 68.2 Å². The lowest BCUT2D eigenvalue weighted by Gasteiger charge is -2.37. The van der Waals surface area contributed by atoms with Crippen LogP contribution in [0.15, 0.2) is 41.2 Å². The van der Waals surface area contributed by atoms with E-state index in [0.717, 1.165) is 29.4 Å². The summed E-state index contributed by atoms with van der Waals surface area (Å²) >= 11 is 12.1. The molecule has 0 aliphatic carbocycles. The maximum Gasteiger partial charge on any atom is 0.345 e. The van der Waals surface area contributed by atoms with Crippen LogP contribution >= 0.6 is 23.2 Å². The highest BCUT2D eigenvalue weighted by molar-refractivity contribution is 6.42. The van der Waals surface area contributed by atoms with Crippen molar-refractivity contribution in [1.82, 2.24) is 14.8 Å². The molecule has 4 rings (SSSR count). The van der Waals surface area contributed by atoms with Crippen molar-refractivity contribution in [2.75, 3.05) is 51.8 Å². The Kier molecular flexibility index (Phi) is 10.8. The van der Waals surface area contributed by atoms with Gasteiger partial charge in [-0.2, -0.15) is 0 Å². The summed E-state index contributed by atoms with van der Waals surface area (Å²) in [6.45, 7) is 8.91. The molecule has 1 aliphatic rings. The second kappa shape index (κ2) is 13.8. The third-order valence-corrected chi connectivity index (χ3v) is 7.38. The molecule has 2 heterocycles. The maximum atomic E-state index is 13.7. The fraction of sp³-hybridized carbons (Fsp3) is 0.414. The largest absolute Gasteiger partial charge is 0.465 e. The first kappa shape index (κ1) is 30.5. The molecular formula is C29H36Cl2N4O4. The molecule has 39 heavy (non-hydrogen) atoms. The van der Waals surface area contributed by atoms with Gasteiger partial charge in [-0.05, 0) is 57.3 Å². The number of halogens is 2. The third kappa shape index (κ3) is 6.57. The highest BCUT2D eigenvalue weighted by atomic mass is 35.5. The summed E-state index contributed by atoms with van der Waals surface area (Å²) in [5.41, 5.74) is 2.45. The quantitative estimate of drug-likeness (QED) is 0.316. The average Bonchev–Trinajstić information content (AvgIpc) is 2.95. The molecule has 0 bridgehead atoms. The van der Waals surface area contributed by atoms with Crippen molar-refractivity contribution < 1.29 is 14.3 Å². The number of aromatic nitrogens is 1. The van der Waals surface area contributed by atoms with E-state index in [1.54, 1.807) is 27.7 Å². The zero-order valence-corrected chi connectivity index (χ0v) is 24.7. The van der Waals surface area contributed by atoms with Gasteiger partial charge in [0.15, 0.2) is 0 Å². The zero-order valence-electron chi connectivity index (χ0n) is 23.1. The number of hydrogen-bond acceptors (Lipinski definition) is 6. The van der Waals surface area contributed by atoms with Crippen molar-refractivity contribution in [3.05, 3.63) is 73.5 Å². The molecule has 1 amide bonds. The number of fused-ring (bicyclic) bond motifs is 1. The van der Waals surface area contributed by atoms with Crippen LogP contribution in [0.3, 0.4) is 0 Å². The van der Waals surface area contributed by atoms with Crippen LogP contribution < -0.4 is 15.8 Å². The van der Waals surface area contributed by atoms with Crippen molar-refractivity contribution in [3.8, 4) is 0 Å².